The molecule has 1 atom stereocenters. The standard InChI is InChI=1S/C26H22N4O6/c31-22(28-24(33)27-19-11-12-20-21(13-19)36-16-35-20)15-30-23(32)26(29-25(30)34,18-9-5-2-6-10-18)14-17-7-3-1-4-8-17/h1-13H,14-16H2,(H,29,34)(H2,27,28,31,33). The van der Waals surface area contributed by atoms with Crippen LogP contribution in [0.25, 0.3) is 0 Å². The first-order valence-electron chi connectivity index (χ1n) is 11.2. The van der Waals surface area contributed by atoms with Crippen LogP contribution in [0.3, 0.4) is 0 Å². The Morgan fingerprint density at radius 3 is 2.36 bits per heavy atom. The van der Waals surface area contributed by atoms with Crippen LogP contribution in [0.2, 0.25) is 0 Å². The molecular weight excluding hydrogens is 464 g/mol. The van der Waals surface area contributed by atoms with Crippen molar-refractivity contribution in [1.82, 2.24) is 15.5 Å². The highest BCUT2D eigenvalue weighted by Gasteiger charge is 2.52. The maximum Gasteiger partial charge on any atom is 0.325 e. The number of hydrogen-bond donors (Lipinski definition) is 3. The van der Waals surface area contributed by atoms with Crippen molar-refractivity contribution in [1.29, 1.82) is 0 Å². The van der Waals surface area contributed by atoms with Crippen LogP contribution in [0.5, 0.6) is 11.5 Å². The summed E-state index contributed by atoms with van der Waals surface area (Å²) in [6.07, 6.45) is 0.200. The van der Waals surface area contributed by atoms with Crippen LogP contribution in [0, 0.1) is 0 Å². The van der Waals surface area contributed by atoms with Crippen LogP contribution in [0.1, 0.15) is 11.1 Å². The van der Waals surface area contributed by atoms with E-state index in [-0.39, 0.29) is 13.2 Å². The van der Waals surface area contributed by atoms with Crippen molar-refractivity contribution in [3.63, 3.8) is 0 Å². The van der Waals surface area contributed by atoms with E-state index in [4.69, 9.17) is 9.47 Å². The molecule has 0 saturated carbocycles. The van der Waals surface area contributed by atoms with Crippen molar-refractivity contribution in [2.75, 3.05) is 18.7 Å². The normalized spacial score (nSPS) is 18.1. The molecule has 3 aromatic rings. The molecule has 0 aliphatic carbocycles. The minimum absolute atomic E-state index is 0.0874. The number of fused-ring (bicyclic) bond motifs is 1. The Kier molecular flexibility index (Phi) is 5.99. The SMILES string of the molecule is O=C(CN1C(=O)NC(Cc2ccccc2)(c2ccccc2)C1=O)NC(=O)Nc1ccc2c(c1)OCO2. The fourth-order valence-electron chi connectivity index (χ4n) is 4.26. The first-order chi connectivity index (χ1) is 17.4. The van der Waals surface area contributed by atoms with Gasteiger partial charge in [0.05, 0.1) is 0 Å². The number of benzene rings is 3. The lowest BCUT2D eigenvalue weighted by Gasteiger charge is -2.27. The second-order valence-electron chi connectivity index (χ2n) is 8.33. The van der Waals surface area contributed by atoms with Gasteiger partial charge in [0.1, 0.15) is 6.54 Å². The first kappa shape index (κ1) is 22.9. The number of anilines is 1. The van der Waals surface area contributed by atoms with Crippen LogP contribution < -0.4 is 25.4 Å². The molecule has 2 aliphatic heterocycles. The summed E-state index contributed by atoms with van der Waals surface area (Å²) < 4.78 is 10.5. The molecule has 10 nitrogen and oxygen atoms in total. The van der Waals surface area contributed by atoms with E-state index >= 15 is 0 Å². The molecule has 6 amide bonds. The third-order valence-corrected chi connectivity index (χ3v) is 5.94. The monoisotopic (exact) mass is 486 g/mol. The van der Waals surface area contributed by atoms with E-state index in [0.29, 0.717) is 22.7 Å². The fourth-order valence-corrected chi connectivity index (χ4v) is 4.26. The number of carbonyl (C=O) groups is 4. The van der Waals surface area contributed by atoms with E-state index in [1.165, 1.54) is 0 Å². The summed E-state index contributed by atoms with van der Waals surface area (Å²) in [4.78, 5) is 52.2. The predicted molar refractivity (Wildman–Crippen MR) is 128 cm³/mol. The molecule has 1 saturated heterocycles. The van der Waals surface area contributed by atoms with Gasteiger partial charge in [-0.25, -0.2) is 9.59 Å². The minimum Gasteiger partial charge on any atom is -0.454 e. The number of imide groups is 2. The summed E-state index contributed by atoms with van der Waals surface area (Å²) in [5.74, 6) is -0.378. The summed E-state index contributed by atoms with van der Waals surface area (Å²) in [5.41, 5.74) is 0.430. The van der Waals surface area contributed by atoms with Gasteiger partial charge in [-0.05, 0) is 23.3 Å². The summed E-state index contributed by atoms with van der Waals surface area (Å²) in [7, 11) is 0. The third-order valence-electron chi connectivity index (χ3n) is 5.94. The Morgan fingerprint density at radius 1 is 0.917 bits per heavy atom. The topological polar surface area (TPSA) is 126 Å². The van der Waals surface area contributed by atoms with Crippen LogP contribution >= 0.6 is 0 Å². The molecule has 3 aromatic carbocycles. The maximum atomic E-state index is 13.6. The van der Waals surface area contributed by atoms with E-state index < -0.39 is 36.0 Å². The van der Waals surface area contributed by atoms with E-state index in [9.17, 15) is 19.2 Å². The summed E-state index contributed by atoms with van der Waals surface area (Å²) in [6, 6.07) is 21.4. The molecule has 10 heteroatoms. The second-order valence-corrected chi connectivity index (χ2v) is 8.33. The number of rotatable bonds is 6. The number of ether oxygens (including phenoxy) is 2. The van der Waals surface area contributed by atoms with Gasteiger partial charge in [0.2, 0.25) is 12.7 Å². The summed E-state index contributed by atoms with van der Waals surface area (Å²) in [6.45, 7) is -0.535. The molecule has 182 valence electrons. The second kappa shape index (κ2) is 9.41. The van der Waals surface area contributed by atoms with Crippen molar-refractivity contribution in [2.24, 2.45) is 0 Å². The van der Waals surface area contributed by atoms with E-state index in [2.05, 4.69) is 16.0 Å². The van der Waals surface area contributed by atoms with Gasteiger partial charge in [-0.2, -0.15) is 0 Å². The smallest absolute Gasteiger partial charge is 0.325 e. The molecule has 0 bridgehead atoms. The largest absolute Gasteiger partial charge is 0.454 e. The minimum atomic E-state index is -1.38. The zero-order valence-corrected chi connectivity index (χ0v) is 19.0. The van der Waals surface area contributed by atoms with Gasteiger partial charge in [0.15, 0.2) is 17.0 Å². The average molecular weight is 486 g/mol. The molecular formula is C26H22N4O6. The van der Waals surface area contributed by atoms with E-state index in [1.807, 2.05) is 36.4 Å². The number of amides is 6. The lowest BCUT2D eigenvalue weighted by atomic mass is 9.83. The van der Waals surface area contributed by atoms with Gasteiger partial charge in [0, 0.05) is 18.2 Å². The van der Waals surface area contributed by atoms with Crippen molar-refractivity contribution in [3.05, 3.63) is 90.0 Å². The van der Waals surface area contributed by atoms with Crippen molar-refractivity contribution >= 4 is 29.6 Å². The van der Waals surface area contributed by atoms with Crippen molar-refractivity contribution in [3.8, 4) is 11.5 Å². The molecule has 1 fully saturated rings. The van der Waals surface area contributed by atoms with Gasteiger partial charge in [-0.3, -0.25) is 19.8 Å². The zero-order valence-electron chi connectivity index (χ0n) is 19.0. The van der Waals surface area contributed by atoms with Crippen molar-refractivity contribution < 1.29 is 28.7 Å². The van der Waals surface area contributed by atoms with E-state index in [1.54, 1.807) is 42.5 Å². The van der Waals surface area contributed by atoms with Gasteiger partial charge < -0.3 is 20.1 Å². The molecule has 0 aromatic heterocycles. The lowest BCUT2D eigenvalue weighted by Crippen LogP contribution is -2.47. The maximum absolute atomic E-state index is 13.6. The van der Waals surface area contributed by atoms with Crippen LogP contribution in [0.4, 0.5) is 15.3 Å². The van der Waals surface area contributed by atoms with Gasteiger partial charge in [-0.15, -0.1) is 0 Å². The Morgan fingerprint density at radius 2 is 1.61 bits per heavy atom. The molecule has 0 radical (unpaired) electrons. The van der Waals surface area contributed by atoms with Crippen molar-refractivity contribution in [2.45, 2.75) is 12.0 Å². The number of carbonyl (C=O) groups excluding carboxylic acids is 4. The molecule has 1 unspecified atom stereocenters. The Hall–Kier alpha value is -4.86. The van der Waals surface area contributed by atoms with Gasteiger partial charge in [0.25, 0.3) is 5.91 Å². The average Bonchev–Trinajstić information content (AvgIpc) is 3.43. The Labute approximate surface area is 206 Å². The molecule has 2 aliphatic rings. The Bertz CT molecular complexity index is 1330. The lowest BCUT2D eigenvalue weighted by molar-refractivity contribution is -0.135. The molecule has 3 N–H and O–H groups in total. The highest BCUT2D eigenvalue weighted by molar-refractivity contribution is 6.11. The Balaban J connectivity index is 1.29. The third kappa shape index (κ3) is 4.43. The predicted octanol–water partition coefficient (Wildman–Crippen LogP) is 2.75. The van der Waals surface area contributed by atoms with E-state index in [0.717, 1.165) is 10.5 Å². The highest BCUT2D eigenvalue weighted by atomic mass is 16.7. The number of nitrogens with zero attached hydrogens (tertiary/aromatic N) is 1. The molecule has 36 heavy (non-hydrogen) atoms. The molecule has 2 heterocycles. The molecule has 5 rings (SSSR count). The quantitative estimate of drug-likeness (QED) is 0.460. The zero-order chi connectivity index (χ0) is 25.1. The summed E-state index contributed by atoms with van der Waals surface area (Å²) >= 11 is 0. The van der Waals surface area contributed by atoms with Gasteiger partial charge in [-0.1, -0.05) is 60.7 Å². The fraction of sp³-hybridized carbons (Fsp3) is 0.154. The van der Waals surface area contributed by atoms with Crippen LogP contribution in [-0.4, -0.2) is 42.1 Å². The first-order valence-corrected chi connectivity index (χ1v) is 11.2. The molecule has 0 spiro atoms. The number of urea groups is 2. The number of nitrogens with one attached hydrogen (secondary N) is 3. The number of hydrogen-bond acceptors (Lipinski definition) is 6. The van der Waals surface area contributed by atoms with Crippen LogP contribution in [0.15, 0.2) is 78.9 Å². The van der Waals surface area contributed by atoms with Gasteiger partial charge >= 0.3 is 12.1 Å². The highest BCUT2D eigenvalue weighted by Crippen LogP contribution is 2.34. The van der Waals surface area contributed by atoms with Crippen LogP contribution in [-0.2, 0) is 21.5 Å². The summed E-state index contributed by atoms with van der Waals surface area (Å²) in [5, 5.41) is 7.45.